The number of nitrogens with zero attached hydrogens (tertiary/aromatic N) is 1. The minimum atomic E-state index is 0.0809. The Balaban J connectivity index is 2.30. The fourth-order valence-corrected chi connectivity index (χ4v) is 2.21. The van der Waals surface area contributed by atoms with Crippen molar-refractivity contribution in [2.24, 2.45) is 5.73 Å². The third-order valence-electron chi connectivity index (χ3n) is 3.24. The molecule has 0 aliphatic carbocycles. The number of hydrogen-bond donors (Lipinski definition) is 1. The highest BCUT2D eigenvalue weighted by Crippen LogP contribution is 2.18. The van der Waals surface area contributed by atoms with E-state index in [4.69, 9.17) is 17.3 Å². The van der Waals surface area contributed by atoms with E-state index in [0.717, 1.165) is 30.1 Å². The number of rotatable bonds is 8. The maximum absolute atomic E-state index is 6.18. The molecule has 1 aromatic carbocycles. The largest absolute Gasteiger partial charge is 0.324 e. The van der Waals surface area contributed by atoms with Crippen molar-refractivity contribution in [3.05, 3.63) is 34.9 Å². The molecule has 1 aromatic rings. The lowest BCUT2D eigenvalue weighted by Gasteiger charge is -2.19. The van der Waals surface area contributed by atoms with Crippen LogP contribution < -0.4 is 5.73 Å². The Kier molecular flexibility index (Phi) is 7.33. The van der Waals surface area contributed by atoms with E-state index in [0.29, 0.717) is 0 Å². The van der Waals surface area contributed by atoms with Crippen molar-refractivity contribution in [1.82, 2.24) is 4.90 Å². The van der Waals surface area contributed by atoms with Gasteiger partial charge in [-0.2, -0.15) is 0 Å². The van der Waals surface area contributed by atoms with Crippen molar-refractivity contribution in [3.63, 3.8) is 0 Å². The zero-order valence-corrected chi connectivity index (χ0v) is 12.3. The number of nitrogens with two attached hydrogens (primary N) is 1. The summed E-state index contributed by atoms with van der Waals surface area (Å²) in [7, 11) is 2.17. The molecule has 0 amide bonds. The number of unbranched alkanes of at least 4 members (excludes halogenated alkanes) is 2. The number of hydrogen-bond acceptors (Lipinski definition) is 2. The normalized spacial score (nSPS) is 12.9. The lowest BCUT2D eigenvalue weighted by molar-refractivity contribution is 0.311. The zero-order chi connectivity index (χ0) is 13.4. The minimum absolute atomic E-state index is 0.0809. The fraction of sp³-hybridized carbons (Fsp3) is 0.600. The second-order valence-corrected chi connectivity index (χ2v) is 5.40. The quantitative estimate of drug-likeness (QED) is 0.726. The summed E-state index contributed by atoms with van der Waals surface area (Å²) in [6.07, 6.45) is 4.84. The van der Waals surface area contributed by atoms with Crippen molar-refractivity contribution in [2.45, 2.75) is 38.6 Å². The van der Waals surface area contributed by atoms with Gasteiger partial charge in [0, 0.05) is 11.1 Å². The minimum Gasteiger partial charge on any atom is -0.324 e. The lowest BCUT2D eigenvalue weighted by atomic mass is 10.0. The van der Waals surface area contributed by atoms with Crippen LogP contribution in [0.4, 0.5) is 0 Å². The van der Waals surface area contributed by atoms with Gasteiger partial charge in [0.25, 0.3) is 0 Å². The Morgan fingerprint density at radius 3 is 2.72 bits per heavy atom. The summed E-state index contributed by atoms with van der Waals surface area (Å²) in [5.41, 5.74) is 7.31. The van der Waals surface area contributed by atoms with Gasteiger partial charge in [-0.05, 0) is 50.7 Å². The molecule has 0 radical (unpaired) electrons. The summed E-state index contributed by atoms with van der Waals surface area (Å²) >= 11 is 5.97. The first-order valence-electron chi connectivity index (χ1n) is 6.83. The molecule has 1 rings (SSSR count). The van der Waals surface area contributed by atoms with Gasteiger partial charge in [0.05, 0.1) is 0 Å². The van der Waals surface area contributed by atoms with E-state index >= 15 is 0 Å². The van der Waals surface area contributed by atoms with Crippen molar-refractivity contribution in [1.29, 1.82) is 0 Å². The molecule has 2 N–H and O–H groups in total. The molecule has 102 valence electrons. The maximum Gasteiger partial charge on any atom is 0.0409 e. The summed E-state index contributed by atoms with van der Waals surface area (Å²) in [5.74, 6) is 0. The van der Waals surface area contributed by atoms with E-state index < -0.39 is 0 Å². The van der Waals surface area contributed by atoms with E-state index in [-0.39, 0.29) is 6.04 Å². The number of halogens is 1. The van der Waals surface area contributed by atoms with Crippen LogP contribution in [0.1, 0.15) is 44.2 Å². The molecule has 1 unspecified atom stereocenters. The van der Waals surface area contributed by atoms with Gasteiger partial charge in [0.15, 0.2) is 0 Å². The first kappa shape index (κ1) is 15.5. The van der Waals surface area contributed by atoms with Crippen LogP contribution >= 0.6 is 11.6 Å². The number of benzene rings is 1. The van der Waals surface area contributed by atoms with Gasteiger partial charge in [-0.15, -0.1) is 0 Å². The van der Waals surface area contributed by atoms with E-state index in [2.05, 4.69) is 18.9 Å². The molecule has 0 saturated heterocycles. The van der Waals surface area contributed by atoms with Crippen LogP contribution in [0.15, 0.2) is 24.3 Å². The second kappa shape index (κ2) is 8.52. The molecule has 0 spiro atoms. The van der Waals surface area contributed by atoms with Gasteiger partial charge in [-0.1, -0.05) is 43.5 Å². The molecule has 0 heterocycles. The van der Waals surface area contributed by atoms with Crippen molar-refractivity contribution in [2.75, 3.05) is 20.1 Å². The second-order valence-electron chi connectivity index (χ2n) is 4.96. The molecule has 1 atom stereocenters. The summed E-state index contributed by atoms with van der Waals surface area (Å²) in [6.45, 7) is 4.43. The maximum atomic E-state index is 6.18. The van der Waals surface area contributed by atoms with Gasteiger partial charge in [-0.25, -0.2) is 0 Å². The molecule has 0 aromatic heterocycles. The van der Waals surface area contributed by atoms with Gasteiger partial charge in [0.2, 0.25) is 0 Å². The Hall–Kier alpha value is -0.570. The third kappa shape index (κ3) is 5.85. The Morgan fingerprint density at radius 1 is 1.28 bits per heavy atom. The van der Waals surface area contributed by atoms with E-state index in [9.17, 15) is 0 Å². The highest BCUT2D eigenvalue weighted by atomic mass is 35.5. The molecule has 2 nitrogen and oxygen atoms in total. The van der Waals surface area contributed by atoms with Crippen molar-refractivity contribution >= 4 is 11.6 Å². The molecule has 0 saturated carbocycles. The molecule has 0 fully saturated rings. The van der Waals surface area contributed by atoms with E-state index in [1.807, 2.05) is 24.3 Å². The van der Waals surface area contributed by atoms with E-state index in [1.54, 1.807) is 0 Å². The molecule has 0 aliphatic heterocycles. The zero-order valence-electron chi connectivity index (χ0n) is 11.5. The van der Waals surface area contributed by atoms with Gasteiger partial charge in [-0.3, -0.25) is 0 Å². The Labute approximate surface area is 116 Å². The molecule has 18 heavy (non-hydrogen) atoms. The van der Waals surface area contributed by atoms with Crippen LogP contribution in [0, 0.1) is 0 Å². The topological polar surface area (TPSA) is 29.3 Å². The highest BCUT2D eigenvalue weighted by molar-refractivity contribution is 6.30. The molecule has 0 aliphatic rings. The van der Waals surface area contributed by atoms with Crippen LogP contribution in [0.25, 0.3) is 0 Å². The predicted molar refractivity (Wildman–Crippen MR) is 80.0 cm³/mol. The average molecular weight is 269 g/mol. The van der Waals surface area contributed by atoms with Crippen LogP contribution in [0.3, 0.4) is 0 Å². The summed E-state index contributed by atoms with van der Waals surface area (Å²) in [4.78, 5) is 2.36. The highest BCUT2D eigenvalue weighted by Gasteiger charge is 2.07. The van der Waals surface area contributed by atoms with E-state index in [1.165, 1.54) is 19.3 Å². The SMILES string of the molecule is CCCCCN(C)CCC(N)c1cccc(Cl)c1. The van der Waals surface area contributed by atoms with Gasteiger partial charge < -0.3 is 10.6 Å². The lowest BCUT2D eigenvalue weighted by Crippen LogP contribution is -2.24. The Bertz CT molecular complexity index is 341. The van der Waals surface area contributed by atoms with Crippen LogP contribution in [-0.2, 0) is 0 Å². The smallest absolute Gasteiger partial charge is 0.0409 e. The predicted octanol–water partition coefficient (Wildman–Crippen LogP) is 3.85. The Morgan fingerprint density at radius 2 is 2.06 bits per heavy atom. The molecule has 3 heteroatoms. The summed E-state index contributed by atoms with van der Waals surface area (Å²) in [6, 6.07) is 7.94. The standard InChI is InChI=1S/C15H25ClN2/c1-3-4-5-10-18(2)11-9-15(17)13-7-6-8-14(16)12-13/h6-8,12,15H,3-5,9-11,17H2,1-2H3. The monoisotopic (exact) mass is 268 g/mol. The first-order valence-corrected chi connectivity index (χ1v) is 7.21. The van der Waals surface area contributed by atoms with Crippen molar-refractivity contribution < 1.29 is 0 Å². The molecule has 0 bridgehead atoms. The summed E-state index contributed by atoms with van der Waals surface area (Å²) in [5, 5.41) is 0.763. The van der Waals surface area contributed by atoms with Gasteiger partial charge >= 0.3 is 0 Å². The molecular weight excluding hydrogens is 244 g/mol. The average Bonchev–Trinajstić information content (AvgIpc) is 2.36. The van der Waals surface area contributed by atoms with Gasteiger partial charge in [0.1, 0.15) is 0 Å². The van der Waals surface area contributed by atoms with Crippen LogP contribution in [0.2, 0.25) is 5.02 Å². The fourth-order valence-electron chi connectivity index (χ4n) is 2.01. The third-order valence-corrected chi connectivity index (χ3v) is 3.48. The van der Waals surface area contributed by atoms with Crippen LogP contribution in [-0.4, -0.2) is 25.0 Å². The molecular formula is C15H25ClN2. The van der Waals surface area contributed by atoms with Crippen molar-refractivity contribution in [3.8, 4) is 0 Å². The summed E-state index contributed by atoms with van der Waals surface area (Å²) < 4.78 is 0. The first-order chi connectivity index (χ1) is 8.63. The van der Waals surface area contributed by atoms with Crippen LogP contribution in [0.5, 0.6) is 0 Å².